The predicted molar refractivity (Wildman–Crippen MR) is 74.9 cm³/mol. The number of hydrogen-bond donors (Lipinski definition) is 2. The summed E-state index contributed by atoms with van der Waals surface area (Å²) in [7, 11) is 3.12. The van der Waals surface area contributed by atoms with Gasteiger partial charge in [-0.05, 0) is 6.42 Å². The fourth-order valence-electron chi connectivity index (χ4n) is 1.86. The number of nitrogens with two attached hydrogens (primary N) is 1. The van der Waals surface area contributed by atoms with Crippen LogP contribution in [0, 0.1) is 0 Å². The summed E-state index contributed by atoms with van der Waals surface area (Å²) in [6, 6.07) is 2.98. The summed E-state index contributed by atoms with van der Waals surface area (Å²) in [6.07, 6.45) is 3.01. The van der Waals surface area contributed by atoms with Gasteiger partial charge in [-0.2, -0.15) is 0 Å². The van der Waals surface area contributed by atoms with Gasteiger partial charge < -0.3 is 20.3 Å². The molecule has 0 fully saturated rings. The average molecular weight is 276 g/mol. The van der Waals surface area contributed by atoms with Crippen molar-refractivity contribution in [1.29, 1.82) is 0 Å². The van der Waals surface area contributed by atoms with Gasteiger partial charge in [0.05, 0.1) is 19.8 Å². The van der Waals surface area contributed by atoms with Gasteiger partial charge >= 0.3 is 0 Å². The van der Waals surface area contributed by atoms with Crippen molar-refractivity contribution in [3.63, 3.8) is 0 Å². The van der Waals surface area contributed by atoms with Crippen molar-refractivity contribution >= 4 is 12.4 Å². The van der Waals surface area contributed by atoms with Gasteiger partial charge in [0.1, 0.15) is 17.2 Å². The van der Waals surface area contributed by atoms with E-state index < -0.39 is 0 Å². The second-order valence-electron chi connectivity index (χ2n) is 4.01. The molecule has 4 nitrogen and oxygen atoms in total. The molecule has 5 heteroatoms. The van der Waals surface area contributed by atoms with E-state index in [0.717, 1.165) is 24.8 Å². The van der Waals surface area contributed by atoms with Crippen molar-refractivity contribution in [1.82, 2.24) is 0 Å². The Labute approximate surface area is 115 Å². The van der Waals surface area contributed by atoms with Gasteiger partial charge in [-0.3, -0.25) is 0 Å². The van der Waals surface area contributed by atoms with Crippen molar-refractivity contribution < 1.29 is 14.6 Å². The van der Waals surface area contributed by atoms with Crippen LogP contribution in [-0.4, -0.2) is 19.3 Å². The SMILES string of the molecule is CCCC[C@H](N)c1c(OC)cc(O)cc1OC.Cl. The molecule has 1 aromatic carbocycles. The minimum Gasteiger partial charge on any atom is -0.508 e. The van der Waals surface area contributed by atoms with E-state index >= 15 is 0 Å². The van der Waals surface area contributed by atoms with Crippen LogP contribution in [0.25, 0.3) is 0 Å². The number of phenolic OH excluding ortho intramolecular Hbond substituents is 1. The second-order valence-corrected chi connectivity index (χ2v) is 4.01. The number of rotatable bonds is 6. The third kappa shape index (κ3) is 3.96. The lowest BCUT2D eigenvalue weighted by molar-refractivity contribution is 0.368. The maximum atomic E-state index is 9.54. The number of unbranched alkanes of at least 4 members (excludes halogenated alkanes) is 1. The van der Waals surface area contributed by atoms with Crippen LogP contribution < -0.4 is 15.2 Å². The summed E-state index contributed by atoms with van der Waals surface area (Å²) in [5.74, 6) is 1.26. The number of halogens is 1. The minimum absolute atomic E-state index is 0. The molecule has 0 aliphatic heterocycles. The van der Waals surface area contributed by atoms with Crippen molar-refractivity contribution in [2.75, 3.05) is 14.2 Å². The smallest absolute Gasteiger partial charge is 0.131 e. The summed E-state index contributed by atoms with van der Waals surface area (Å²) in [5.41, 5.74) is 6.96. The zero-order valence-electron chi connectivity index (χ0n) is 11.1. The molecule has 0 amide bonds. The largest absolute Gasteiger partial charge is 0.508 e. The van der Waals surface area contributed by atoms with E-state index in [2.05, 4.69) is 6.92 Å². The zero-order valence-corrected chi connectivity index (χ0v) is 11.9. The molecule has 0 aromatic heterocycles. The van der Waals surface area contributed by atoms with Gasteiger partial charge in [0.15, 0.2) is 0 Å². The quantitative estimate of drug-likeness (QED) is 0.838. The normalized spacial score (nSPS) is 11.6. The topological polar surface area (TPSA) is 64.7 Å². The Bertz CT molecular complexity index is 346. The molecule has 0 saturated heterocycles. The van der Waals surface area contributed by atoms with E-state index in [0.29, 0.717) is 11.5 Å². The van der Waals surface area contributed by atoms with E-state index in [9.17, 15) is 5.11 Å². The van der Waals surface area contributed by atoms with Gasteiger partial charge in [-0.25, -0.2) is 0 Å². The first-order valence-corrected chi connectivity index (χ1v) is 5.84. The third-order valence-corrected chi connectivity index (χ3v) is 2.77. The summed E-state index contributed by atoms with van der Waals surface area (Å²) >= 11 is 0. The molecule has 0 radical (unpaired) electrons. The van der Waals surface area contributed by atoms with Gasteiger partial charge in [0.2, 0.25) is 0 Å². The number of aromatic hydroxyl groups is 1. The second kappa shape index (κ2) is 8.06. The molecule has 3 N–H and O–H groups in total. The molecule has 1 aromatic rings. The van der Waals surface area contributed by atoms with Gasteiger partial charge in [0, 0.05) is 18.2 Å². The fraction of sp³-hybridized carbons (Fsp3) is 0.538. The Morgan fingerprint density at radius 1 is 1.22 bits per heavy atom. The summed E-state index contributed by atoms with van der Waals surface area (Å²) < 4.78 is 10.5. The molecule has 104 valence electrons. The number of ether oxygens (including phenoxy) is 2. The Hall–Kier alpha value is -1.13. The number of benzene rings is 1. The van der Waals surface area contributed by atoms with Crippen LogP contribution in [0.2, 0.25) is 0 Å². The molecule has 0 unspecified atom stereocenters. The molecule has 18 heavy (non-hydrogen) atoms. The van der Waals surface area contributed by atoms with E-state index in [1.165, 1.54) is 0 Å². The lowest BCUT2D eigenvalue weighted by Gasteiger charge is -2.19. The van der Waals surface area contributed by atoms with Crippen LogP contribution in [0.3, 0.4) is 0 Å². The Morgan fingerprint density at radius 3 is 2.11 bits per heavy atom. The van der Waals surface area contributed by atoms with Crippen molar-refractivity contribution in [2.45, 2.75) is 32.2 Å². The van der Waals surface area contributed by atoms with Crippen LogP contribution in [0.4, 0.5) is 0 Å². The van der Waals surface area contributed by atoms with Crippen LogP contribution in [0.1, 0.15) is 37.8 Å². The average Bonchev–Trinajstić information content (AvgIpc) is 2.34. The molecule has 0 spiro atoms. The first-order valence-electron chi connectivity index (χ1n) is 5.84. The summed E-state index contributed by atoms with van der Waals surface area (Å²) in [5, 5.41) is 9.54. The molecule has 1 rings (SSSR count). The lowest BCUT2D eigenvalue weighted by Crippen LogP contribution is -2.13. The van der Waals surface area contributed by atoms with Crippen LogP contribution in [-0.2, 0) is 0 Å². The Kier molecular flexibility index (Phi) is 7.55. The number of methoxy groups -OCH3 is 2. The van der Waals surface area contributed by atoms with E-state index in [1.54, 1.807) is 26.4 Å². The highest BCUT2D eigenvalue weighted by atomic mass is 35.5. The molecule has 0 saturated carbocycles. The molecule has 1 atom stereocenters. The van der Waals surface area contributed by atoms with Crippen molar-refractivity contribution in [2.24, 2.45) is 5.73 Å². The Balaban J connectivity index is 0.00000289. The third-order valence-electron chi connectivity index (χ3n) is 2.77. The van der Waals surface area contributed by atoms with Crippen LogP contribution >= 0.6 is 12.4 Å². The van der Waals surface area contributed by atoms with E-state index in [-0.39, 0.29) is 24.2 Å². The molecule has 0 heterocycles. The van der Waals surface area contributed by atoms with Crippen LogP contribution in [0.5, 0.6) is 17.2 Å². The van der Waals surface area contributed by atoms with Gasteiger partial charge in [-0.15, -0.1) is 12.4 Å². The van der Waals surface area contributed by atoms with Gasteiger partial charge in [0.25, 0.3) is 0 Å². The molecular weight excluding hydrogens is 254 g/mol. The Morgan fingerprint density at radius 2 is 1.72 bits per heavy atom. The summed E-state index contributed by atoms with van der Waals surface area (Å²) in [6.45, 7) is 2.12. The maximum absolute atomic E-state index is 9.54. The van der Waals surface area contributed by atoms with Crippen LogP contribution in [0.15, 0.2) is 12.1 Å². The highest BCUT2D eigenvalue weighted by Gasteiger charge is 2.18. The predicted octanol–water partition coefficient (Wildman–Crippen LogP) is 3.02. The van der Waals surface area contributed by atoms with E-state index in [1.807, 2.05) is 0 Å². The molecule has 0 aliphatic rings. The monoisotopic (exact) mass is 275 g/mol. The maximum Gasteiger partial charge on any atom is 0.131 e. The number of phenols is 1. The van der Waals surface area contributed by atoms with Crippen molar-refractivity contribution in [3.05, 3.63) is 17.7 Å². The first-order chi connectivity index (χ1) is 8.13. The van der Waals surface area contributed by atoms with Crippen molar-refractivity contribution in [3.8, 4) is 17.2 Å². The van der Waals surface area contributed by atoms with Gasteiger partial charge in [-0.1, -0.05) is 19.8 Å². The fourth-order valence-corrected chi connectivity index (χ4v) is 1.86. The number of hydrogen-bond acceptors (Lipinski definition) is 4. The molecule has 0 bridgehead atoms. The lowest BCUT2D eigenvalue weighted by atomic mass is 9.99. The standard InChI is InChI=1S/C13H21NO3.ClH/c1-4-5-6-10(14)13-11(16-2)7-9(15)8-12(13)17-3;/h7-8,10,15H,4-6,14H2,1-3H3;1H/t10-;/m0./s1. The molecule has 0 aliphatic carbocycles. The zero-order chi connectivity index (χ0) is 12.8. The highest BCUT2D eigenvalue weighted by Crippen LogP contribution is 2.38. The first kappa shape index (κ1) is 16.9. The molecular formula is C13H22ClNO3. The highest BCUT2D eigenvalue weighted by molar-refractivity contribution is 5.85. The minimum atomic E-state index is -0.138. The van der Waals surface area contributed by atoms with E-state index in [4.69, 9.17) is 15.2 Å². The summed E-state index contributed by atoms with van der Waals surface area (Å²) in [4.78, 5) is 0.